The first-order valence-electron chi connectivity index (χ1n) is 8.56. The first-order valence-corrected chi connectivity index (χ1v) is 8.56. The number of anilines is 2. The summed E-state index contributed by atoms with van der Waals surface area (Å²) >= 11 is 0. The molecule has 0 aliphatic carbocycles. The van der Waals surface area contributed by atoms with Crippen molar-refractivity contribution in [3.8, 4) is 0 Å². The lowest BCUT2D eigenvalue weighted by Crippen LogP contribution is -2.36. The summed E-state index contributed by atoms with van der Waals surface area (Å²) in [5, 5.41) is 5.49. The fourth-order valence-electron chi connectivity index (χ4n) is 2.41. The maximum absolute atomic E-state index is 13.0. The van der Waals surface area contributed by atoms with Crippen LogP contribution in [-0.2, 0) is 4.79 Å². The van der Waals surface area contributed by atoms with Crippen LogP contribution in [0.3, 0.4) is 0 Å². The molecule has 1 unspecified atom stereocenters. The van der Waals surface area contributed by atoms with Crippen LogP contribution < -0.4 is 10.6 Å². The molecule has 0 aromatic heterocycles. The number of halogens is 1. The number of benzene rings is 2. The van der Waals surface area contributed by atoms with E-state index >= 15 is 0 Å². The molecule has 0 radical (unpaired) electrons. The Morgan fingerprint density at radius 1 is 1.08 bits per heavy atom. The largest absolute Gasteiger partial charge is 0.324 e. The Bertz CT molecular complexity index is 762. The number of para-hydroxylation sites is 1. The van der Waals surface area contributed by atoms with Crippen molar-refractivity contribution in [2.45, 2.75) is 26.3 Å². The van der Waals surface area contributed by atoms with Crippen molar-refractivity contribution in [2.75, 3.05) is 24.2 Å². The van der Waals surface area contributed by atoms with Crippen molar-refractivity contribution >= 4 is 23.2 Å². The monoisotopic (exact) mass is 357 g/mol. The van der Waals surface area contributed by atoms with E-state index in [-0.39, 0.29) is 30.2 Å². The molecule has 138 valence electrons. The van der Waals surface area contributed by atoms with Gasteiger partial charge in [-0.05, 0) is 56.8 Å². The maximum Gasteiger partial charge on any atom is 0.257 e. The molecule has 2 rings (SSSR count). The van der Waals surface area contributed by atoms with E-state index in [4.69, 9.17) is 0 Å². The smallest absolute Gasteiger partial charge is 0.257 e. The molecule has 0 saturated heterocycles. The molecule has 6 heteroatoms. The molecule has 2 N–H and O–H groups in total. The van der Waals surface area contributed by atoms with Crippen LogP contribution in [0.15, 0.2) is 48.5 Å². The Kier molecular flexibility index (Phi) is 6.86. The molecule has 2 aromatic carbocycles. The summed E-state index contributed by atoms with van der Waals surface area (Å²) in [6.07, 6.45) is 0.945. The van der Waals surface area contributed by atoms with Crippen molar-refractivity contribution in [3.05, 3.63) is 59.9 Å². The third-order valence-electron chi connectivity index (χ3n) is 4.28. The number of hydrogen-bond acceptors (Lipinski definition) is 3. The zero-order chi connectivity index (χ0) is 19.1. The Hall–Kier alpha value is -2.73. The van der Waals surface area contributed by atoms with Crippen molar-refractivity contribution in [2.24, 2.45) is 0 Å². The minimum atomic E-state index is -0.374. The minimum absolute atomic E-state index is 0.185. The number of rotatable bonds is 7. The fourth-order valence-corrected chi connectivity index (χ4v) is 2.41. The first kappa shape index (κ1) is 19.6. The lowest BCUT2D eigenvalue weighted by Gasteiger charge is -2.23. The zero-order valence-corrected chi connectivity index (χ0v) is 15.3. The predicted molar refractivity (Wildman–Crippen MR) is 102 cm³/mol. The average Bonchev–Trinajstić information content (AvgIpc) is 2.63. The third-order valence-corrected chi connectivity index (χ3v) is 4.28. The van der Waals surface area contributed by atoms with Gasteiger partial charge in [0.05, 0.1) is 17.8 Å². The maximum atomic E-state index is 13.0. The van der Waals surface area contributed by atoms with Crippen LogP contribution >= 0.6 is 0 Å². The Morgan fingerprint density at radius 2 is 1.73 bits per heavy atom. The van der Waals surface area contributed by atoms with Gasteiger partial charge in [-0.25, -0.2) is 4.39 Å². The topological polar surface area (TPSA) is 61.4 Å². The number of amides is 2. The molecule has 0 bridgehead atoms. The molecule has 2 aromatic rings. The molecule has 26 heavy (non-hydrogen) atoms. The van der Waals surface area contributed by atoms with Gasteiger partial charge in [-0.3, -0.25) is 14.5 Å². The average molecular weight is 357 g/mol. The number of nitrogens with zero attached hydrogens (tertiary/aromatic N) is 1. The summed E-state index contributed by atoms with van der Waals surface area (Å²) in [7, 11) is 1.89. The number of nitrogens with one attached hydrogen (secondary N) is 2. The van der Waals surface area contributed by atoms with Crippen LogP contribution in [0, 0.1) is 5.82 Å². The van der Waals surface area contributed by atoms with Gasteiger partial charge in [0, 0.05) is 11.7 Å². The van der Waals surface area contributed by atoms with E-state index in [0.717, 1.165) is 6.42 Å². The van der Waals surface area contributed by atoms with E-state index in [1.807, 2.05) is 11.9 Å². The summed E-state index contributed by atoms with van der Waals surface area (Å²) in [4.78, 5) is 26.8. The minimum Gasteiger partial charge on any atom is -0.324 e. The molecule has 0 aliphatic rings. The molecular formula is C20H24FN3O2. The number of carbonyl (C=O) groups excluding carboxylic acids is 2. The zero-order valence-electron chi connectivity index (χ0n) is 15.3. The van der Waals surface area contributed by atoms with Crippen LogP contribution in [0.4, 0.5) is 15.8 Å². The van der Waals surface area contributed by atoms with Gasteiger partial charge in [0.25, 0.3) is 5.91 Å². The van der Waals surface area contributed by atoms with Gasteiger partial charge < -0.3 is 10.6 Å². The van der Waals surface area contributed by atoms with Gasteiger partial charge in [0.15, 0.2) is 0 Å². The molecule has 5 nitrogen and oxygen atoms in total. The molecule has 0 heterocycles. The molecule has 0 aliphatic heterocycles. The van der Waals surface area contributed by atoms with Crippen LogP contribution in [0.25, 0.3) is 0 Å². The molecule has 0 saturated carbocycles. The number of hydrogen-bond donors (Lipinski definition) is 2. The summed E-state index contributed by atoms with van der Waals surface area (Å²) in [6, 6.07) is 12.6. The van der Waals surface area contributed by atoms with E-state index in [9.17, 15) is 14.0 Å². The SMILES string of the molecule is CCC(C)N(C)CC(=O)Nc1ccccc1C(=O)Nc1ccc(F)cc1. The lowest BCUT2D eigenvalue weighted by atomic mass is 10.1. The molecule has 0 spiro atoms. The van der Waals surface area contributed by atoms with E-state index in [2.05, 4.69) is 24.5 Å². The number of carbonyl (C=O) groups is 2. The highest BCUT2D eigenvalue weighted by Crippen LogP contribution is 2.18. The molecule has 2 amide bonds. The van der Waals surface area contributed by atoms with E-state index in [1.165, 1.54) is 24.3 Å². The van der Waals surface area contributed by atoms with E-state index in [0.29, 0.717) is 16.9 Å². The standard InChI is InChI=1S/C20H24FN3O2/c1-4-14(2)24(3)13-19(25)23-18-8-6-5-7-17(18)20(26)22-16-11-9-15(21)10-12-16/h5-12,14H,4,13H2,1-3H3,(H,22,26)(H,23,25). The quantitative estimate of drug-likeness (QED) is 0.793. The first-order chi connectivity index (χ1) is 12.4. The Labute approximate surface area is 153 Å². The summed E-state index contributed by atoms with van der Waals surface area (Å²) in [5.74, 6) is -0.932. The second-order valence-electron chi connectivity index (χ2n) is 6.23. The Balaban J connectivity index is 2.08. The van der Waals surface area contributed by atoms with Crippen LogP contribution in [0.5, 0.6) is 0 Å². The van der Waals surface area contributed by atoms with Crippen molar-refractivity contribution < 1.29 is 14.0 Å². The third kappa shape index (κ3) is 5.39. The van der Waals surface area contributed by atoms with Gasteiger partial charge in [-0.1, -0.05) is 19.1 Å². The highest BCUT2D eigenvalue weighted by Gasteiger charge is 2.16. The second-order valence-corrected chi connectivity index (χ2v) is 6.23. The lowest BCUT2D eigenvalue weighted by molar-refractivity contribution is -0.117. The van der Waals surface area contributed by atoms with Crippen molar-refractivity contribution in [3.63, 3.8) is 0 Å². The van der Waals surface area contributed by atoms with Crippen LogP contribution in [0.1, 0.15) is 30.6 Å². The van der Waals surface area contributed by atoms with Gasteiger partial charge in [0.2, 0.25) is 5.91 Å². The highest BCUT2D eigenvalue weighted by molar-refractivity contribution is 6.10. The molecule has 1 atom stereocenters. The normalized spacial score (nSPS) is 11.9. The fraction of sp³-hybridized carbons (Fsp3) is 0.300. The highest BCUT2D eigenvalue weighted by atomic mass is 19.1. The van der Waals surface area contributed by atoms with Gasteiger partial charge in [-0.2, -0.15) is 0 Å². The van der Waals surface area contributed by atoms with E-state index < -0.39 is 0 Å². The van der Waals surface area contributed by atoms with Crippen LogP contribution in [0.2, 0.25) is 0 Å². The summed E-state index contributed by atoms with van der Waals surface area (Å²) < 4.78 is 13.0. The second kappa shape index (κ2) is 9.10. The van der Waals surface area contributed by atoms with Gasteiger partial charge >= 0.3 is 0 Å². The summed E-state index contributed by atoms with van der Waals surface area (Å²) in [5.41, 5.74) is 1.26. The van der Waals surface area contributed by atoms with Gasteiger partial charge in [-0.15, -0.1) is 0 Å². The number of likely N-dealkylation sites (N-methyl/N-ethyl adjacent to an activating group) is 1. The van der Waals surface area contributed by atoms with Crippen molar-refractivity contribution in [1.29, 1.82) is 0 Å². The van der Waals surface area contributed by atoms with Crippen LogP contribution in [-0.4, -0.2) is 36.3 Å². The van der Waals surface area contributed by atoms with Crippen molar-refractivity contribution in [1.82, 2.24) is 4.90 Å². The Morgan fingerprint density at radius 3 is 2.38 bits per heavy atom. The summed E-state index contributed by atoms with van der Waals surface area (Å²) in [6.45, 7) is 4.36. The van der Waals surface area contributed by atoms with Gasteiger partial charge in [0.1, 0.15) is 5.82 Å². The predicted octanol–water partition coefficient (Wildman–Crippen LogP) is 3.75. The van der Waals surface area contributed by atoms with E-state index in [1.54, 1.807) is 24.3 Å². The molecule has 0 fully saturated rings. The molecular weight excluding hydrogens is 333 g/mol.